The molecule has 0 unspecified atom stereocenters. The second-order valence-electron chi connectivity index (χ2n) is 6.32. The monoisotopic (exact) mass is 334 g/mol. The van der Waals surface area contributed by atoms with E-state index in [1.807, 2.05) is 17.0 Å². The molecule has 2 aliphatic rings. The molecule has 0 spiro atoms. The first-order chi connectivity index (χ1) is 11.7. The molecule has 0 N–H and O–H groups in total. The van der Waals surface area contributed by atoms with E-state index >= 15 is 0 Å². The second kappa shape index (κ2) is 7.20. The number of ether oxygens (including phenoxy) is 3. The standard InChI is InChI=1S/C18H26N2O4/c1-22-15-11-14(12-16(23-2)17(15)24-3)19-7-9-20(10-8-19)18(21)13-5-4-6-13/h11-13H,4-10H2,1-3H3. The molecule has 1 heterocycles. The zero-order valence-electron chi connectivity index (χ0n) is 14.7. The number of hydrogen-bond donors (Lipinski definition) is 0. The highest BCUT2D eigenvalue weighted by Crippen LogP contribution is 2.41. The molecule has 1 aromatic carbocycles. The van der Waals surface area contributed by atoms with Crippen LogP contribution in [-0.2, 0) is 4.79 Å². The molecule has 2 fully saturated rings. The van der Waals surface area contributed by atoms with Crippen LogP contribution >= 0.6 is 0 Å². The number of nitrogens with zero attached hydrogens (tertiary/aromatic N) is 2. The molecule has 1 amide bonds. The number of methoxy groups -OCH3 is 3. The first-order valence-corrected chi connectivity index (χ1v) is 8.51. The van der Waals surface area contributed by atoms with Crippen molar-refractivity contribution in [1.82, 2.24) is 4.90 Å². The first kappa shape index (κ1) is 16.7. The van der Waals surface area contributed by atoms with Gasteiger partial charge in [-0.3, -0.25) is 4.79 Å². The van der Waals surface area contributed by atoms with E-state index in [4.69, 9.17) is 14.2 Å². The fourth-order valence-corrected chi connectivity index (χ4v) is 3.35. The van der Waals surface area contributed by atoms with Crippen molar-refractivity contribution >= 4 is 11.6 Å². The van der Waals surface area contributed by atoms with Crippen LogP contribution in [0.5, 0.6) is 17.2 Å². The smallest absolute Gasteiger partial charge is 0.225 e. The van der Waals surface area contributed by atoms with E-state index in [2.05, 4.69) is 4.90 Å². The summed E-state index contributed by atoms with van der Waals surface area (Å²) in [5, 5.41) is 0. The van der Waals surface area contributed by atoms with Gasteiger partial charge in [-0.15, -0.1) is 0 Å². The minimum Gasteiger partial charge on any atom is -0.493 e. The van der Waals surface area contributed by atoms with Crippen molar-refractivity contribution in [3.05, 3.63) is 12.1 Å². The van der Waals surface area contributed by atoms with Gasteiger partial charge in [0.05, 0.1) is 21.3 Å². The fraction of sp³-hybridized carbons (Fsp3) is 0.611. The van der Waals surface area contributed by atoms with Gasteiger partial charge in [-0.2, -0.15) is 0 Å². The molecule has 1 aromatic rings. The van der Waals surface area contributed by atoms with Crippen molar-refractivity contribution in [2.45, 2.75) is 19.3 Å². The van der Waals surface area contributed by atoms with Crippen LogP contribution in [0.2, 0.25) is 0 Å². The molecular weight excluding hydrogens is 308 g/mol. The molecule has 0 aromatic heterocycles. The van der Waals surface area contributed by atoms with E-state index < -0.39 is 0 Å². The summed E-state index contributed by atoms with van der Waals surface area (Å²) in [5.74, 6) is 2.52. The van der Waals surface area contributed by atoms with Crippen LogP contribution in [-0.4, -0.2) is 58.3 Å². The van der Waals surface area contributed by atoms with E-state index in [-0.39, 0.29) is 5.92 Å². The van der Waals surface area contributed by atoms with Crippen molar-refractivity contribution in [2.75, 3.05) is 52.4 Å². The Labute approximate surface area is 143 Å². The Balaban J connectivity index is 1.70. The maximum atomic E-state index is 12.4. The Hall–Kier alpha value is -2.11. The van der Waals surface area contributed by atoms with E-state index in [1.54, 1.807) is 21.3 Å². The van der Waals surface area contributed by atoms with Gasteiger partial charge >= 0.3 is 0 Å². The number of piperazine rings is 1. The Morgan fingerprint density at radius 2 is 1.54 bits per heavy atom. The highest BCUT2D eigenvalue weighted by Gasteiger charge is 2.31. The minimum atomic E-state index is 0.276. The number of carbonyl (C=O) groups excluding carboxylic acids is 1. The quantitative estimate of drug-likeness (QED) is 0.826. The zero-order valence-corrected chi connectivity index (χ0v) is 14.7. The van der Waals surface area contributed by atoms with Crippen molar-refractivity contribution in [3.63, 3.8) is 0 Å². The highest BCUT2D eigenvalue weighted by molar-refractivity contribution is 5.80. The highest BCUT2D eigenvalue weighted by atomic mass is 16.5. The largest absolute Gasteiger partial charge is 0.493 e. The van der Waals surface area contributed by atoms with Crippen molar-refractivity contribution in [3.8, 4) is 17.2 Å². The summed E-state index contributed by atoms with van der Waals surface area (Å²) in [4.78, 5) is 16.6. The third kappa shape index (κ3) is 3.09. The van der Waals surface area contributed by atoms with Gasteiger partial charge in [-0.05, 0) is 12.8 Å². The van der Waals surface area contributed by atoms with Gasteiger partial charge in [0.25, 0.3) is 0 Å². The lowest BCUT2D eigenvalue weighted by Crippen LogP contribution is -2.51. The summed E-state index contributed by atoms with van der Waals surface area (Å²) in [6, 6.07) is 3.93. The summed E-state index contributed by atoms with van der Waals surface area (Å²) in [5.41, 5.74) is 1.03. The van der Waals surface area contributed by atoms with Gasteiger partial charge < -0.3 is 24.0 Å². The molecule has 1 saturated carbocycles. The molecular formula is C18H26N2O4. The average Bonchev–Trinajstić information content (AvgIpc) is 2.58. The molecule has 132 valence electrons. The Morgan fingerprint density at radius 1 is 0.958 bits per heavy atom. The van der Waals surface area contributed by atoms with Gasteiger partial charge in [0.15, 0.2) is 11.5 Å². The maximum absolute atomic E-state index is 12.4. The molecule has 3 rings (SSSR count). The van der Waals surface area contributed by atoms with Crippen LogP contribution in [0, 0.1) is 5.92 Å². The van der Waals surface area contributed by atoms with Crippen molar-refractivity contribution in [2.24, 2.45) is 5.92 Å². The van der Waals surface area contributed by atoms with E-state index in [9.17, 15) is 4.79 Å². The van der Waals surface area contributed by atoms with Crippen LogP contribution in [0.25, 0.3) is 0 Å². The van der Waals surface area contributed by atoms with E-state index in [0.717, 1.165) is 44.7 Å². The fourth-order valence-electron chi connectivity index (χ4n) is 3.35. The Morgan fingerprint density at radius 3 is 1.96 bits per heavy atom. The van der Waals surface area contributed by atoms with Crippen LogP contribution in [0.4, 0.5) is 5.69 Å². The molecule has 0 bridgehead atoms. The molecule has 6 nitrogen and oxygen atoms in total. The molecule has 1 aliphatic carbocycles. The van der Waals surface area contributed by atoms with Gasteiger partial charge in [0.1, 0.15) is 0 Å². The van der Waals surface area contributed by atoms with Crippen LogP contribution < -0.4 is 19.1 Å². The second-order valence-corrected chi connectivity index (χ2v) is 6.32. The normalized spacial score (nSPS) is 18.1. The number of rotatable bonds is 5. The van der Waals surface area contributed by atoms with Gasteiger partial charge in [0.2, 0.25) is 11.7 Å². The molecule has 1 aliphatic heterocycles. The summed E-state index contributed by atoms with van der Waals surface area (Å²) < 4.78 is 16.2. The van der Waals surface area contributed by atoms with E-state index in [1.165, 1.54) is 6.42 Å². The molecule has 24 heavy (non-hydrogen) atoms. The third-order valence-electron chi connectivity index (χ3n) is 5.06. The topological polar surface area (TPSA) is 51.2 Å². The average molecular weight is 334 g/mol. The lowest BCUT2D eigenvalue weighted by Gasteiger charge is -2.39. The van der Waals surface area contributed by atoms with Crippen LogP contribution in [0.15, 0.2) is 12.1 Å². The van der Waals surface area contributed by atoms with Gasteiger partial charge in [-0.25, -0.2) is 0 Å². The molecule has 0 atom stereocenters. The predicted molar refractivity (Wildman–Crippen MR) is 92.2 cm³/mol. The number of benzene rings is 1. The lowest BCUT2D eigenvalue weighted by atomic mass is 9.84. The molecule has 0 radical (unpaired) electrons. The number of carbonyl (C=O) groups is 1. The minimum absolute atomic E-state index is 0.276. The Bertz CT molecular complexity index is 568. The van der Waals surface area contributed by atoms with Crippen LogP contribution in [0.3, 0.4) is 0 Å². The number of amides is 1. The third-order valence-corrected chi connectivity index (χ3v) is 5.06. The first-order valence-electron chi connectivity index (χ1n) is 8.51. The number of anilines is 1. The SMILES string of the molecule is COc1cc(N2CCN(C(=O)C3CCC3)CC2)cc(OC)c1OC. The zero-order chi connectivity index (χ0) is 17.1. The summed E-state index contributed by atoms with van der Waals surface area (Å²) >= 11 is 0. The van der Waals surface area contributed by atoms with Crippen LogP contribution in [0.1, 0.15) is 19.3 Å². The Kier molecular flexibility index (Phi) is 5.02. The molecule has 1 saturated heterocycles. The lowest BCUT2D eigenvalue weighted by molar-refractivity contribution is -0.138. The van der Waals surface area contributed by atoms with Gasteiger partial charge in [-0.1, -0.05) is 6.42 Å². The van der Waals surface area contributed by atoms with Crippen molar-refractivity contribution in [1.29, 1.82) is 0 Å². The summed E-state index contributed by atoms with van der Waals surface area (Å²) in [6.07, 6.45) is 3.32. The number of hydrogen-bond acceptors (Lipinski definition) is 5. The van der Waals surface area contributed by atoms with E-state index in [0.29, 0.717) is 23.2 Å². The molecule has 6 heteroatoms. The predicted octanol–water partition coefficient (Wildman–Crippen LogP) is 2.16. The summed E-state index contributed by atoms with van der Waals surface area (Å²) in [7, 11) is 4.84. The summed E-state index contributed by atoms with van der Waals surface area (Å²) in [6.45, 7) is 3.17. The maximum Gasteiger partial charge on any atom is 0.225 e. The van der Waals surface area contributed by atoms with Gasteiger partial charge in [0, 0.05) is 49.9 Å². The van der Waals surface area contributed by atoms with Crippen molar-refractivity contribution < 1.29 is 19.0 Å².